The molecule has 0 fully saturated rings. The summed E-state index contributed by atoms with van der Waals surface area (Å²) in [7, 11) is 0. The van der Waals surface area contributed by atoms with Crippen molar-refractivity contribution in [2.45, 2.75) is 6.42 Å². The number of rotatable bonds is 5. The van der Waals surface area contributed by atoms with E-state index in [9.17, 15) is 9.18 Å². The van der Waals surface area contributed by atoms with Gasteiger partial charge in [-0.05, 0) is 47.2 Å². The smallest absolute Gasteiger partial charge is 0.231 e. The SMILES string of the molecule is O=C(Cc1cccs1)NC(=S)Nc1ccc(Oc2ccnc3ccsc23)c(F)c1. The molecule has 0 atom stereocenters. The molecule has 4 aromatic rings. The van der Waals surface area contributed by atoms with Crippen LogP contribution in [0.3, 0.4) is 0 Å². The van der Waals surface area contributed by atoms with Crippen LogP contribution in [0, 0.1) is 5.82 Å². The van der Waals surface area contributed by atoms with Crippen molar-refractivity contribution < 1.29 is 13.9 Å². The maximum atomic E-state index is 14.5. The van der Waals surface area contributed by atoms with Crippen LogP contribution in [-0.4, -0.2) is 16.0 Å². The predicted octanol–water partition coefficient (Wildman–Crippen LogP) is 5.34. The Hall–Kier alpha value is -2.88. The number of anilines is 1. The van der Waals surface area contributed by atoms with E-state index in [-0.39, 0.29) is 23.2 Å². The number of carbonyl (C=O) groups excluding carboxylic acids is 1. The van der Waals surface area contributed by atoms with Crippen LogP contribution in [0.1, 0.15) is 4.88 Å². The first-order valence-electron chi connectivity index (χ1n) is 8.51. The Morgan fingerprint density at radius 1 is 1.14 bits per heavy atom. The molecule has 9 heteroatoms. The molecule has 0 radical (unpaired) electrons. The second-order valence-electron chi connectivity index (χ2n) is 5.95. The maximum absolute atomic E-state index is 14.5. The number of hydrogen-bond donors (Lipinski definition) is 2. The number of halogens is 1. The van der Waals surface area contributed by atoms with Crippen LogP contribution in [0.25, 0.3) is 10.2 Å². The number of amides is 1. The average molecular weight is 444 g/mol. The fraction of sp³-hybridized carbons (Fsp3) is 0.0500. The Morgan fingerprint density at radius 3 is 2.83 bits per heavy atom. The number of thiophene rings is 2. The number of ether oxygens (including phenoxy) is 1. The van der Waals surface area contributed by atoms with Gasteiger partial charge in [0, 0.05) is 28.9 Å². The molecular weight excluding hydrogens is 429 g/mol. The fourth-order valence-corrected chi connectivity index (χ4v) is 4.35. The second-order valence-corrected chi connectivity index (χ2v) is 8.31. The van der Waals surface area contributed by atoms with Crippen molar-refractivity contribution >= 4 is 61.8 Å². The molecule has 146 valence electrons. The largest absolute Gasteiger partial charge is 0.453 e. The van der Waals surface area contributed by atoms with Gasteiger partial charge in [0.25, 0.3) is 0 Å². The number of aromatic nitrogens is 1. The summed E-state index contributed by atoms with van der Waals surface area (Å²) in [5.41, 5.74) is 1.21. The molecule has 0 saturated heterocycles. The van der Waals surface area contributed by atoms with Crippen molar-refractivity contribution in [1.29, 1.82) is 0 Å². The van der Waals surface area contributed by atoms with E-state index in [1.54, 1.807) is 18.3 Å². The van der Waals surface area contributed by atoms with Gasteiger partial charge in [0.05, 0.1) is 16.6 Å². The van der Waals surface area contributed by atoms with Crippen LogP contribution in [0.15, 0.2) is 59.4 Å². The molecule has 0 aliphatic rings. The van der Waals surface area contributed by atoms with E-state index in [1.165, 1.54) is 34.8 Å². The first-order chi connectivity index (χ1) is 14.1. The molecular formula is C20H14FN3O2S3. The predicted molar refractivity (Wildman–Crippen MR) is 118 cm³/mol. The highest BCUT2D eigenvalue weighted by Gasteiger charge is 2.12. The quantitative estimate of drug-likeness (QED) is 0.408. The van der Waals surface area contributed by atoms with Gasteiger partial charge in [-0.2, -0.15) is 0 Å². The van der Waals surface area contributed by atoms with Gasteiger partial charge in [-0.3, -0.25) is 9.78 Å². The van der Waals surface area contributed by atoms with Crippen molar-refractivity contribution in [3.8, 4) is 11.5 Å². The summed E-state index contributed by atoms with van der Waals surface area (Å²) in [6.45, 7) is 0. The van der Waals surface area contributed by atoms with E-state index >= 15 is 0 Å². The van der Waals surface area contributed by atoms with Gasteiger partial charge in [0.15, 0.2) is 16.7 Å². The second kappa shape index (κ2) is 8.64. The fourth-order valence-electron chi connectivity index (χ4n) is 2.61. The number of nitrogens with zero attached hydrogens (tertiary/aromatic N) is 1. The Balaban J connectivity index is 1.40. The monoisotopic (exact) mass is 443 g/mol. The Labute approximate surface area is 179 Å². The van der Waals surface area contributed by atoms with Gasteiger partial charge in [-0.1, -0.05) is 6.07 Å². The zero-order valence-electron chi connectivity index (χ0n) is 14.8. The van der Waals surface area contributed by atoms with Crippen molar-refractivity contribution in [2.24, 2.45) is 0 Å². The summed E-state index contributed by atoms with van der Waals surface area (Å²) in [5, 5.41) is 9.31. The summed E-state index contributed by atoms with van der Waals surface area (Å²) in [5.74, 6) is -0.155. The molecule has 4 rings (SSSR count). The Morgan fingerprint density at radius 2 is 2.03 bits per heavy atom. The number of hydrogen-bond acceptors (Lipinski definition) is 6. The number of benzene rings is 1. The number of pyridine rings is 1. The molecule has 1 amide bonds. The van der Waals surface area contributed by atoms with Gasteiger partial charge >= 0.3 is 0 Å². The molecule has 29 heavy (non-hydrogen) atoms. The Kier molecular flexibility index (Phi) is 5.79. The number of carbonyl (C=O) groups is 1. The van der Waals surface area contributed by atoms with Gasteiger partial charge < -0.3 is 15.4 Å². The lowest BCUT2D eigenvalue weighted by atomic mass is 10.3. The first kappa shape index (κ1) is 19.4. The van der Waals surface area contributed by atoms with E-state index in [0.29, 0.717) is 11.4 Å². The molecule has 0 unspecified atom stereocenters. The average Bonchev–Trinajstić information content (AvgIpc) is 3.35. The zero-order chi connectivity index (χ0) is 20.2. The highest BCUT2D eigenvalue weighted by molar-refractivity contribution is 7.80. The van der Waals surface area contributed by atoms with Gasteiger partial charge in [-0.25, -0.2) is 4.39 Å². The van der Waals surface area contributed by atoms with Crippen molar-refractivity contribution in [1.82, 2.24) is 10.3 Å². The minimum atomic E-state index is -0.552. The standard InChI is InChI=1S/C20H14FN3O2S3/c21-14-10-12(23-20(27)24-18(25)11-13-2-1-8-28-13)3-4-16(14)26-17-5-7-22-15-6-9-29-19(15)17/h1-10H,11H2,(H2,23,24,25,27). The van der Waals surface area contributed by atoms with Crippen LogP contribution < -0.4 is 15.4 Å². The number of nitrogens with one attached hydrogen (secondary N) is 2. The normalized spacial score (nSPS) is 10.7. The summed E-state index contributed by atoms with van der Waals surface area (Å²) in [6.07, 6.45) is 1.86. The lowest BCUT2D eigenvalue weighted by Gasteiger charge is -2.11. The minimum Gasteiger partial charge on any atom is -0.453 e. The minimum absolute atomic E-state index is 0.0871. The van der Waals surface area contributed by atoms with Gasteiger partial charge in [0.1, 0.15) is 5.75 Å². The molecule has 3 heterocycles. The highest BCUT2D eigenvalue weighted by atomic mass is 32.1. The molecule has 0 saturated carbocycles. The first-order valence-corrected chi connectivity index (χ1v) is 10.7. The maximum Gasteiger partial charge on any atom is 0.231 e. The molecule has 0 aliphatic heterocycles. The number of thiocarbonyl (C=S) groups is 1. The van der Waals surface area contributed by atoms with E-state index in [0.717, 1.165) is 15.1 Å². The molecule has 0 spiro atoms. The lowest BCUT2D eigenvalue weighted by Crippen LogP contribution is -2.35. The van der Waals surface area contributed by atoms with Crippen LogP contribution in [-0.2, 0) is 11.2 Å². The summed E-state index contributed by atoms with van der Waals surface area (Å²) < 4.78 is 21.1. The van der Waals surface area contributed by atoms with Crippen LogP contribution >= 0.6 is 34.9 Å². The molecule has 3 aromatic heterocycles. The molecule has 5 nitrogen and oxygen atoms in total. The molecule has 0 aliphatic carbocycles. The van der Waals surface area contributed by atoms with Crippen molar-refractivity contribution in [3.05, 3.63) is 70.1 Å². The topological polar surface area (TPSA) is 63.2 Å². The van der Waals surface area contributed by atoms with E-state index in [1.807, 2.05) is 29.0 Å². The highest BCUT2D eigenvalue weighted by Crippen LogP contribution is 2.34. The van der Waals surface area contributed by atoms with Gasteiger partial charge in [0.2, 0.25) is 5.91 Å². The van der Waals surface area contributed by atoms with Crippen molar-refractivity contribution in [3.63, 3.8) is 0 Å². The third-order valence-corrected chi connectivity index (χ3v) is 5.88. The van der Waals surface area contributed by atoms with E-state index in [4.69, 9.17) is 17.0 Å². The number of fused-ring (bicyclic) bond motifs is 1. The third kappa shape index (κ3) is 4.76. The summed E-state index contributed by atoms with van der Waals surface area (Å²) in [4.78, 5) is 17.2. The van der Waals surface area contributed by atoms with Crippen LogP contribution in [0.2, 0.25) is 0 Å². The third-order valence-electron chi connectivity index (χ3n) is 3.89. The summed E-state index contributed by atoms with van der Waals surface area (Å²) in [6, 6.07) is 11.7. The molecule has 0 bridgehead atoms. The zero-order valence-corrected chi connectivity index (χ0v) is 17.3. The molecule has 1 aromatic carbocycles. The van der Waals surface area contributed by atoms with Crippen LogP contribution in [0.5, 0.6) is 11.5 Å². The Bertz CT molecular complexity index is 1170. The van der Waals surface area contributed by atoms with Crippen molar-refractivity contribution in [2.75, 3.05) is 5.32 Å². The van der Waals surface area contributed by atoms with E-state index in [2.05, 4.69) is 15.6 Å². The van der Waals surface area contributed by atoms with Gasteiger partial charge in [-0.15, -0.1) is 22.7 Å². The lowest BCUT2D eigenvalue weighted by molar-refractivity contribution is -0.118. The molecule has 2 N–H and O–H groups in total. The van der Waals surface area contributed by atoms with E-state index < -0.39 is 5.82 Å². The summed E-state index contributed by atoms with van der Waals surface area (Å²) >= 11 is 8.11. The van der Waals surface area contributed by atoms with Crippen LogP contribution in [0.4, 0.5) is 10.1 Å².